The molecule has 144 valence electrons. The van der Waals surface area contributed by atoms with Gasteiger partial charge in [-0.25, -0.2) is 0 Å². The Kier molecular flexibility index (Phi) is 5.34. The Morgan fingerprint density at radius 1 is 1.11 bits per heavy atom. The number of aryl methyl sites for hydroxylation is 2. The number of nitrogens with zero attached hydrogens (tertiary/aromatic N) is 3. The number of carbonyl (C=O) groups is 1. The molecule has 4 rings (SSSR count). The third-order valence-corrected chi connectivity index (χ3v) is 5.79. The Labute approximate surface area is 167 Å². The van der Waals surface area contributed by atoms with E-state index in [1.807, 2.05) is 66.9 Å². The largest absolute Gasteiger partial charge is 0.485 e. The minimum atomic E-state index is -0.251. The smallest absolute Gasteiger partial charge is 0.319 e. The Balaban J connectivity index is 1.64. The fourth-order valence-electron chi connectivity index (χ4n) is 3.18. The molecule has 0 aliphatic carbocycles. The van der Waals surface area contributed by atoms with Gasteiger partial charge in [0.25, 0.3) is 0 Å². The predicted octanol–water partition coefficient (Wildman–Crippen LogP) is 3.87. The van der Waals surface area contributed by atoms with E-state index in [0.717, 1.165) is 22.6 Å². The van der Waals surface area contributed by atoms with E-state index >= 15 is 0 Å². The summed E-state index contributed by atoms with van der Waals surface area (Å²) >= 11 is 1.39. The van der Waals surface area contributed by atoms with Crippen molar-refractivity contribution in [1.29, 1.82) is 0 Å². The number of ether oxygens (including phenoxy) is 2. The topological polar surface area (TPSA) is 66.2 Å². The van der Waals surface area contributed by atoms with Gasteiger partial charge in [-0.2, -0.15) is 0 Å². The van der Waals surface area contributed by atoms with Gasteiger partial charge in [-0.05, 0) is 37.1 Å². The number of esters is 1. The van der Waals surface area contributed by atoms with Gasteiger partial charge < -0.3 is 9.47 Å². The molecular weight excluding hydrogens is 374 g/mol. The van der Waals surface area contributed by atoms with Crippen molar-refractivity contribution in [3.63, 3.8) is 0 Å². The number of rotatable bonds is 6. The first-order valence-corrected chi connectivity index (χ1v) is 10.0. The second kappa shape index (κ2) is 8.06. The monoisotopic (exact) mass is 395 g/mol. The minimum Gasteiger partial charge on any atom is -0.485 e. The fourth-order valence-corrected chi connectivity index (χ4v) is 4.22. The van der Waals surface area contributed by atoms with Gasteiger partial charge >= 0.3 is 5.97 Å². The quantitative estimate of drug-likeness (QED) is 0.590. The van der Waals surface area contributed by atoms with E-state index in [0.29, 0.717) is 24.0 Å². The number of carbonyl (C=O) groups excluding carboxylic acids is 1. The van der Waals surface area contributed by atoms with Crippen molar-refractivity contribution in [2.75, 3.05) is 6.61 Å². The van der Waals surface area contributed by atoms with E-state index in [1.54, 1.807) is 0 Å². The first kappa shape index (κ1) is 18.6. The highest BCUT2D eigenvalue weighted by molar-refractivity contribution is 8.00. The summed E-state index contributed by atoms with van der Waals surface area (Å²) in [6.07, 6.45) is 0.680. The third kappa shape index (κ3) is 3.75. The maximum Gasteiger partial charge on any atom is 0.319 e. The van der Waals surface area contributed by atoms with Gasteiger partial charge in [0.2, 0.25) is 0 Å². The van der Waals surface area contributed by atoms with Crippen LogP contribution in [0.2, 0.25) is 0 Å². The zero-order chi connectivity index (χ0) is 19.5. The van der Waals surface area contributed by atoms with Crippen LogP contribution in [0.25, 0.3) is 5.69 Å². The van der Waals surface area contributed by atoms with Gasteiger partial charge in [0.05, 0.1) is 6.61 Å². The van der Waals surface area contributed by atoms with Crippen molar-refractivity contribution in [3.05, 3.63) is 65.5 Å². The summed E-state index contributed by atoms with van der Waals surface area (Å²) < 4.78 is 13.1. The molecule has 1 unspecified atom stereocenters. The molecule has 6 nitrogen and oxygen atoms in total. The van der Waals surface area contributed by atoms with E-state index < -0.39 is 0 Å². The van der Waals surface area contributed by atoms with Crippen molar-refractivity contribution < 1.29 is 14.3 Å². The molecule has 2 aromatic carbocycles. The van der Waals surface area contributed by atoms with Crippen LogP contribution in [0, 0.1) is 13.8 Å². The van der Waals surface area contributed by atoms with Gasteiger partial charge in [-0.3, -0.25) is 9.36 Å². The Bertz CT molecular complexity index is 968. The highest BCUT2D eigenvalue weighted by Crippen LogP contribution is 2.31. The molecule has 0 radical (unpaired) electrons. The zero-order valence-electron chi connectivity index (χ0n) is 15.8. The normalized spacial score (nSPS) is 16.2. The summed E-state index contributed by atoms with van der Waals surface area (Å²) in [4.78, 5) is 11.9. The average Bonchev–Trinajstić information content (AvgIpc) is 3.29. The van der Waals surface area contributed by atoms with Crippen LogP contribution in [-0.4, -0.2) is 32.6 Å². The molecular formula is C21H21N3O3S. The summed E-state index contributed by atoms with van der Waals surface area (Å²) in [7, 11) is 0. The average molecular weight is 395 g/mol. The Morgan fingerprint density at radius 2 is 1.86 bits per heavy atom. The molecule has 0 N–H and O–H groups in total. The third-order valence-electron chi connectivity index (χ3n) is 4.60. The molecule has 2 heterocycles. The molecule has 1 atom stereocenters. The summed E-state index contributed by atoms with van der Waals surface area (Å²) in [6.45, 7) is 4.79. The summed E-state index contributed by atoms with van der Waals surface area (Å²) in [5.41, 5.74) is 3.09. The van der Waals surface area contributed by atoms with E-state index in [-0.39, 0.29) is 17.8 Å². The molecule has 3 aromatic rings. The van der Waals surface area contributed by atoms with Crippen molar-refractivity contribution in [2.24, 2.45) is 0 Å². The first-order chi connectivity index (χ1) is 13.6. The van der Waals surface area contributed by atoms with Crippen LogP contribution in [0.3, 0.4) is 0 Å². The van der Waals surface area contributed by atoms with Crippen molar-refractivity contribution in [2.45, 2.75) is 37.3 Å². The fraction of sp³-hybridized carbons (Fsp3) is 0.286. The first-order valence-electron chi connectivity index (χ1n) is 9.15. The van der Waals surface area contributed by atoms with Crippen LogP contribution < -0.4 is 4.74 Å². The SMILES string of the molecule is Cc1cccc(C)c1OCc1nnc(SC2CCOC2=O)n1-c1ccccc1. The standard InChI is InChI=1S/C21H21N3O3S/c1-14-7-6-8-15(2)19(14)27-13-18-22-23-21(28-17-11-12-26-20(17)25)24(18)16-9-4-3-5-10-16/h3-10,17H,11-13H2,1-2H3. The predicted molar refractivity (Wildman–Crippen MR) is 107 cm³/mol. The van der Waals surface area contributed by atoms with Gasteiger partial charge in [-0.15, -0.1) is 10.2 Å². The van der Waals surface area contributed by atoms with E-state index in [2.05, 4.69) is 10.2 Å². The molecule has 0 saturated carbocycles. The van der Waals surface area contributed by atoms with Crippen LogP contribution in [0.4, 0.5) is 0 Å². The number of aromatic nitrogens is 3. The molecule has 0 bridgehead atoms. The van der Waals surface area contributed by atoms with E-state index in [4.69, 9.17) is 9.47 Å². The summed E-state index contributed by atoms with van der Waals surface area (Å²) in [5, 5.41) is 9.10. The molecule has 0 amide bonds. The molecule has 1 aliphatic rings. The van der Waals surface area contributed by atoms with Crippen LogP contribution in [0.15, 0.2) is 53.7 Å². The lowest BCUT2D eigenvalue weighted by molar-refractivity contribution is -0.137. The van der Waals surface area contributed by atoms with Crippen molar-refractivity contribution >= 4 is 17.7 Å². The number of para-hydroxylation sites is 2. The molecule has 1 fully saturated rings. The van der Waals surface area contributed by atoms with Gasteiger partial charge in [0.1, 0.15) is 17.6 Å². The lowest BCUT2D eigenvalue weighted by Crippen LogP contribution is -2.12. The highest BCUT2D eigenvalue weighted by Gasteiger charge is 2.30. The van der Waals surface area contributed by atoms with Gasteiger partial charge in [-0.1, -0.05) is 48.2 Å². The lowest BCUT2D eigenvalue weighted by atomic mass is 10.1. The van der Waals surface area contributed by atoms with E-state index in [9.17, 15) is 4.79 Å². The second-order valence-electron chi connectivity index (χ2n) is 6.64. The molecule has 1 aliphatic heterocycles. The summed E-state index contributed by atoms with van der Waals surface area (Å²) in [6, 6.07) is 15.9. The second-order valence-corrected chi connectivity index (χ2v) is 7.81. The number of hydrogen-bond donors (Lipinski definition) is 0. The van der Waals surface area contributed by atoms with Crippen molar-refractivity contribution in [1.82, 2.24) is 14.8 Å². The molecule has 28 heavy (non-hydrogen) atoms. The van der Waals surface area contributed by atoms with Crippen LogP contribution in [-0.2, 0) is 16.1 Å². The highest BCUT2D eigenvalue weighted by atomic mass is 32.2. The van der Waals surface area contributed by atoms with Gasteiger partial charge in [0, 0.05) is 12.1 Å². The van der Waals surface area contributed by atoms with Gasteiger partial charge in [0.15, 0.2) is 11.0 Å². The Morgan fingerprint density at radius 3 is 2.54 bits per heavy atom. The minimum absolute atomic E-state index is 0.194. The van der Waals surface area contributed by atoms with E-state index in [1.165, 1.54) is 11.8 Å². The summed E-state index contributed by atoms with van der Waals surface area (Å²) in [5.74, 6) is 1.35. The number of hydrogen-bond acceptors (Lipinski definition) is 6. The van der Waals surface area contributed by atoms with Crippen LogP contribution in [0.1, 0.15) is 23.4 Å². The molecule has 0 spiro atoms. The van der Waals surface area contributed by atoms with Crippen LogP contribution in [0.5, 0.6) is 5.75 Å². The maximum atomic E-state index is 11.9. The number of cyclic esters (lactones) is 1. The molecule has 1 saturated heterocycles. The lowest BCUT2D eigenvalue weighted by Gasteiger charge is -2.14. The number of thioether (sulfide) groups is 1. The number of benzene rings is 2. The maximum absolute atomic E-state index is 11.9. The zero-order valence-corrected chi connectivity index (χ0v) is 16.6. The van der Waals surface area contributed by atoms with Crippen LogP contribution >= 0.6 is 11.8 Å². The Hall–Kier alpha value is -2.80. The molecule has 7 heteroatoms. The van der Waals surface area contributed by atoms with Crippen molar-refractivity contribution in [3.8, 4) is 11.4 Å². The molecule has 1 aromatic heterocycles.